The Balaban J connectivity index is 1.44. The number of amides is 2. The van der Waals surface area contributed by atoms with E-state index in [0.29, 0.717) is 17.0 Å². The van der Waals surface area contributed by atoms with Gasteiger partial charge in [0.15, 0.2) is 5.78 Å². The zero-order valence-electron chi connectivity index (χ0n) is 20.3. The van der Waals surface area contributed by atoms with Crippen LogP contribution in [0.3, 0.4) is 0 Å². The fourth-order valence-corrected chi connectivity index (χ4v) is 5.83. The number of fused-ring (bicyclic) bond motifs is 5. The molecule has 0 bridgehead atoms. The molecule has 0 N–H and O–H groups in total. The molecule has 0 spiro atoms. The summed E-state index contributed by atoms with van der Waals surface area (Å²) < 4.78 is 5.09. The van der Waals surface area contributed by atoms with E-state index >= 15 is 0 Å². The van der Waals surface area contributed by atoms with Crippen molar-refractivity contribution in [1.82, 2.24) is 4.90 Å². The van der Waals surface area contributed by atoms with E-state index in [1.165, 1.54) is 11.8 Å². The Kier molecular flexibility index (Phi) is 5.30. The van der Waals surface area contributed by atoms with E-state index in [1.807, 2.05) is 60.5 Å². The molecule has 3 aromatic rings. The van der Waals surface area contributed by atoms with Crippen molar-refractivity contribution in [1.29, 1.82) is 0 Å². The number of carbonyl (C=O) groups is 4. The van der Waals surface area contributed by atoms with E-state index < -0.39 is 29.9 Å². The van der Waals surface area contributed by atoms with Gasteiger partial charge in [-0.05, 0) is 60.5 Å². The molecule has 3 heterocycles. The first-order valence-electron chi connectivity index (χ1n) is 12.2. The maximum Gasteiger partial charge on any atom is 0.308 e. The average molecular weight is 493 g/mol. The molecule has 2 saturated heterocycles. The Morgan fingerprint density at radius 2 is 1.51 bits per heavy atom. The summed E-state index contributed by atoms with van der Waals surface area (Å²) in [6.07, 6.45) is 3.75. The summed E-state index contributed by atoms with van der Waals surface area (Å²) in [5.41, 5.74) is 3.80. The van der Waals surface area contributed by atoms with Crippen LogP contribution in [0.5, 0.6) is 5.75 Å². The second kappa shape index (κ2) is 8.55. The lowest BCUT2D eigenvalue weighted by Gasteiger charge is -2.35. The molecule has 0 radical (unpaired) electrons. The van der Waals surface area contributed by atoms with Gasteiger partial charge >= 0.3 is 5.97 Å². The van der Waals surface area contributed by atoms with Gasteiger partial charge in [0.05, 0.1) is 23.6 Å². The van der Waals surface area contributed by atoms with Gasteiger partial charge in [-0.15, -0.1) is 0 Å². The summed E-state index contributed by atoms with van der Waals surface area (Å²) in [4.78, 5) is 56.2. The fraction of sp³-hybridized carbons (Fsp3) is 0.200. The molecule has 0 aliphatic carbocycles. The van der Waals surface area contributed by atoms with Gasteiger partial charge in [-0.3, -0.25) is 19.2 Å². The highest BCUT2D eigenvalue weighted by atomic mass is 16.5. The summed E-state index contributed by atoms with van der Waals surface area (Å²) in [7, 11) is 0. The lowest BCUT2D eigenvalue weighted by atomic mass is 9.83. The predicted octanol–water partition coefficient (Wildman–Crippen LogP) is 4.32. The standard InChI is InChI=1S/C30H24N2O5/c1-17-7-11-21(12-8-17)32-29(35)24-25(30(32)36)27(28(34)20-9-13-22(14-10-20)37-18(2)33)31-16-15-19-5-3-4-6-23(19)26(24)31/h3-16,24-27H,1-2H3/t24-,25+,26+,27+/m0/s1. The molecule has 7 heteroatoms. The summed E-state index contributed by atoms with van der Waals surface area (Å²) >= 11 is 0. The molecular weight excluding hydrogens is 468 g/mol. The van der Waals surface area contributed by atoms with Gasteiger partial charge in [0.2, 0.25) is 11.8 Å². The topological polar surface area (TPSA) is 84.0 Å². The second-order valence-electron chi connectivity index (χ2n) is 9.66. The number of anilines is 1. The molecule has 7 nitrogen and oxygen atoms in total. The third-order valence-corrected chi connectivity index (χ3v) is 7.42. The number of aryl methyl sites for hydroxylation is 1. The number of benzene rings is 3. The lowest BCUT2D eigenvalue weighted by molar-refractivity contribution is -0.132. The van der Waals surface area contributed by atoms with Crippen LogP contribution in [0.15, 0.2) is 79.0 Å². The maximum atomic E-state index is 14.0. The molecule has 4 atom stereocenters. The Morgan fingerprint density at radius 1 is 0.838 bits per heavy atom. The van der Waals surface area contributed by atoms with E-state index in [9.17, 15) is 19.2 Å². The fourth-order valence-electron chi connectivity index (χ4n) is 5.83. The van der Waals surface area contributed by atoms with Crippen molar-refractivity contribution in [3.05, 3.63) is 101 Å². The van der Waals surface area contributed by atoms with Gasteiger partial charge in [-0.25, -0.2) is 4.90 Å². The van der Waals surface area contributed by atoms with Gasteiger partial charge in [-0.1, -0.05) is 42.0 Å². The molecule has 184 valence electrons. The first kappa shape index (κ1) is 22.9. The van der Waals surface area contributed by atoms with Crippen LogP contribution in [-0.2, 0) is 14.4 Å². The van der Waals surface area contributed by atoms with Gasteiger partial charge in [0.25, 0.3) is 0 Å². The number of imide groups is 1. The molecule has 2 amide bonds. The van der Waals surface area contributed by atoms with Gasteiger partial charge in [0.1, 0.15) is 11.8 Å². The van der Waals surface area contributed by atoms with Crippen molar-refractivity contribution in [3.63, 3.8) is 0 Å². The minimum absolute atomic E-state index is 0.261. The number of nitrogens with zero attached hydrogens (tertiary/aromatic N) is 2. The summed E-state index contributed by atoms with van der Waals surface area (Å²) in [6.45, 7) is 3.25. The van der Waals surface area contributed by atoms with Crippen molar-refractivity contribution >= 4 is 35.3 Å². The first-order chi connectivity index (χ1) is 17.8. The molecule has 3 aliphatic rings. The number of ketones is 1. The number of hydrogen-bond donors (Lipinski definition) is 0. The number of rotatable bonds is 4. The molecule has 0 unspecified atom stereocenters. The van der Waals surface area contributed by atoms with E-state index in [2.05, 4.69) is 0 Å². The quantitative estimate of drug-likeness (QED) is 0.234. The zero-order chi connectivity index (χ0) is 25.8. The predicted molar refractivity (Wildman–Crippen MR) is 137 cm³/mol. The van der Waals surface area contributed by atoms with Crippen LogP contribution < -0.4 is 9.64 Å². The van der Waals surface area contributed by atoms with Crippen LogP contribution in [0.4, 0.5) is 5.69 Å². The van der Waals surface area contributed by atoms with Gasteiger partial charge in [0, 0.05) is 18.7 Å². The SMILES string of the molecule is CC(=O)Oc1ccc(C(=O)[C@H]2[C@@H]3C(=O)N(c4ccc(C)cc4)C(=O)[C@@H]3[C@H]3c4ccccc4C=CN32)cc1. The highest BCUT2D eigenvalue weighted by molar-refractivity contribution is 6.24. The molecule has 2 fully saturated rings. The Hall–Kier alpha value is -4.52. The Morgan fingerprint density at radius 3 is 2.22 bits per heavy atom. The van der Waals surface area contributed by atoms with Crippen LogP contribution in [-0.4, -0.2) is 34.5 Å². The highest BCUT2D eigenvalue weighted by Gasteiger charge is 2.64. The normalized spacial score (nSPS) is 23.5. The van der Waals surface area contributed by atoms with Crippen molar-refractivity contribution < 1.29 is 23.9 Å². The minimum atomic E-state index is -0.855. The van der Waals surface area contributed by atoms with Gasteiger partial charge in [-0.2, -0.15) is 0 Å². The molecular formula is C30H24N2O5. The van der Waals surface area contributed by atoms with Crippen LogP contribution in [0.25, 0.3) is 6.08 Å². The van der Waals surface area contributed by atoms with Crippen LogP contribution in [0.1, 0.15) is 40.0 Å². The Labute approximate surface area is 213 Å². The van der Waals surface area contributed by atoms with Crippen LogP contribution in [0, 0.1) is 18.8 Å². The van der Waals surface area contributed by atoms with Crippen molar-refractivity contribution in [2.75, 3.05) is 4.90 Å². The summed E-state index contributed by atoms with van der Waals surface area (Å²) in [5.74, 6) is -2.58. The van der Waals surface area contributed by atoms with E-state index in [0.717, 1.165) is 16.7 Å². The number of Topliss-reactive ketones (excluding diaryl/α,β-unsaturated/α-hetero) is 1. The smallest absolute Gasteiger partial charge is 0.308 e. The van der Waals surface area contributed by atoms with Crippen LogP contribution in [0.2, 0.25) is 0 Å². The summed E-state index contributed by atoms with van der Waals surface area (Å²) in [6, 6.07) is 20.0. The van der Waals surface area contributed by atoms with E-state index in [-0.39, 0.29) is 17.6 Å². The minimum Gasteiger partial charge on any atom is -0.427 e. The lowest BCUT2D eigenvalue weighted by Crippen LogP contribution is -2.44. The number of ether oxygens (including phenoxy) is 1. The molecule has 0 aromatic heterocycles. The molecule has 37 heavy (non-hydrogen) atoms. The first-order valence-corrected chi connectivity index (χ1v) is 12.2. The third-order valence-electron chi connectivity index (χ3n) is 7.42. The van der Waals surface area contributed by atoms with Crippen molar-refractivity contribution in [2.24, 2.45) is 11.8 Å². The zero-order valence-corrected chi connectivity index (χ0v) is 20.3. The molecule has 6 rings (SSSR count). The average Bonchev–Trinajstić information content (AvgIpc) is 3.37. The largest absolute Gasteiger partial charge is 0.427 e. The number of hydrogen-bond acceptors (Lipinski definition) is 6. The number of carbonyl (C=O) groups excluding carboxylic acids is 4. The maximum absolute atomic E-state index is 14.0. The molecule has 3 aliphatic heterocycles. The second-order valence-corrected chi connectivity index (χ2v) is 9.66. The third kappa shape index (κ3) is 3.57. The molecule has 0 saturated carbocycles. The summed E-state index contributed by atoms with van der Waals surface area (Å²) in [5, 5.41) is 0. The van der Waals surface area contributed by atoms with Crippen molar-refractivity contribution in [2.45, 2.75) is 25.9 Å². The van der Waals surface area contributed by atoms with Crippen molar-refractivity contribution in [3.8, 4) is 5.75 Å². The molecule has 3 aromatic carbocycles. The van der Waals surface area contributed by atoms with E-state index in [4.69, 9.17) is 4.74 Å². The monoisotopic (exact) mass is 492 g/mol. The van der Waals surface area contributed by atoms with Gasteiger partial charge < -0.3 is 9.64 Å². The Bertz CT molecular complexity index is 1470. The number of esters is 1. The van der Waals surface area contributed by atoms with E-state index in [1.54, 1.807) is 36.4 Å². The van der Waals surface area contributed by atoms with Crippen LogP contribution >= 0.6 is 0 Å². The highest BCUT2D eigenvalue weighted by Crippen LogP contribution is 2.53.